The average Bonchev–Trinajstić information content (AvgIpc) is 2.59. The lowest BCUT2D eigenvalue weighted by atomic mass is 10.2. The molecular weight excluding hydrogens is 278 g/mol. The van der Waals surface area contributed by atoms with Crippen LogP contribution in [-0.2, 0) is 0 Å². The third kappa shape index (κ3) is 3.99. The first kappa shape index (κ1) is 15.9. The maximum atomic E-state index is 12.6. The molecule has 0 radical (unpaired) electrons. The number of rotatable bonds is 6. The fraction of sp³-hybridized carbons (Fsp3) is 0.235. The maximum Gasteiger partial charge on any atom is 0.293 e. The average molecular weight is 297 g/mol. The van der Waals surface area contributed by atoms with E-state index in [4.69, 9.17) is 0 Å². The molecular formula is C17H19N3O2. The molecule has 114 valence electrons. The van der Waals surface area contributed by atoms with Crippen molar-refractivity contribution in [1.82, 2.24) is 15.4 Å². The van der Waals surface area contributed by atoms with Gasteiger partial charge in [-0.15, -0.1) is 0 Å². The third-order valence-corrected chi connectivity index (χ3v) is 3.11. The molecule has 0 aliphatic rings. The highest BCUT2D eigenvalue weighted by Crippen LogP contribution is 2.07. The van der Waals surface area contributed by atoms with Gasteiger partial charge in [0.05, 0.1) is 0 Å². The van der Waals surface area contributed by atoms with Crippen LogP contribution in [0.15, 0.2) is 54.7 Å². The Morgan fingerprint density at radius 3 is 2.41 bits per heavy atom. The first-order valence-electron chi connectivity index (χ1n) is 7.32. The zero-order chi connectivity index (χ0) is 15.8. The summed E-state index contributed by atoms with van der Waals surface area (Å²) in [5.74, 6) is -0.835. The number of carbonyl (C=O) groups excluding carboxylic acids is 2. The monoisotopic (exact) mass is 297 g/mol. The van der Waals surface area contributed by atoms with Crippen LogP contribution in [-0.4, -0.2) is 28.4 Å². The molecule has 1 aromatic heterocycles. The largest absolute Gasteiger partial charge is 0.293 e. The van der Waals surface area contributed by atoms with Gasteiger partial charge < -0.3 is 0 Å². The van der Waals surface area contributed by atoms with E-state index in [-0.39, 0.29) is 11.6 Å². The quantitative estimate of drug-likeness (QED) is 0.506. The minimum absolute atomic E-state index is 0.232. The number of nitrogens with zero attached hydrogens (tertiary/aromatic N) is 2. The zero-order valence-electron chi connectivity index (χ0n) is 12.5. The van der Waals surface area contributed by atoms with E-state index >= 15 is 0 Å². The smallest absolute Gasteiger partial charge is 0.267 e. The lowest BCUT2D eigenvalue weighted by molar-refractivity contribution is 0.0522. The number of nitrogens with one attached hydrogen (secondary N) is 1. The van der Waals surface area contributed by atoms with Crippen LogP contribution in [0.5, 0.6) is 0 Å². The second kappa shape index (κ2) is 8.05. The van der Waals surface area contributed by atoms with Gasteiger partial charge in [-0.2, -0.15) is 0 Å². The Bertz CT molecular complexity index is 563. The molecule has 2 aromatic rings. The Labute approximate surface area is 130 Å². The first-order valence-corrected chi connectivity index (χ1v) is 7.32. The molecule has 5 nitrogen and oxygen atoms in total. The molecule has 0 fully saturated rings. The first-order chi connectivity index (χ1) is 10.7. The van der Waals surface area contributed by atoms with E-state index < -0.39 is 5.91 Å². The van der Waals surface area contributed by atoms with Gasteiger partial charge >= 0.3 is 0 Å². The summed E-state index contributed by atoms with van der Waals surface area (Å²) in [5, 5.41) is 1.05. The molecule has 0 unspecified atom stereocenters. The number of hydrogen-bond acceptors (Lipinski definition) is 4. The highest BCUT2D eigenvalue weighted by molar-refractivity contribution is 6.09. The predicted octanol–water partition coefficient (Wildman–Crippen LogP) is 2.67. The Morgan fingerprint density at radius 2 is 1.77 bits per heavy atom. The molecule has 22 heavy (non-hydrogen) atoms. The fourth-order valence-corrected chi connectivity index (χ4v) is 1.92. The Morgan fingerprint density at radius 1 is 1.05 bits per heavy atom. The topological polar surface area (TPSA) is 62.3 Å². The third-order valence-electron chi connectivity index (χ3n) is 3.11. The second-order valence-electron chi connectivity index (χ2n) is 4.79. The molecule has 0 aliphatic heterocycles. The number of benzene rings is 1. The highest BCUT2D eigenvalue weighted by Gasteiger charge is 2.24. The van der Waals surface area contributed by atoms with Crippen molar-refractivity contribution in [2.24, 2.45) is 0 Å². The van der Waals surface area contributed by atoms with E-state index in [1.807, 2.05) is 13.0 Å². The van der Waals surface area contributed by atoms with Crippen LogP contribution in [0.25, 0.3) is 0 Å². The minimum Gasteiger partial charge on any atom is -0.267 e. The molecule has 0 saturated carbocycles. The van der Waals surface area contributed by atoms with Gasteiger partial charge in [0.2, 0.25) is 0 Å². The molecule has 0 atom stereocenters. The Hall–Kier alpha value is -2.53. The summed E-state index contributed by atoms with van der Waals surface area (Å²) < 4.78 is 0. The van der Waals surface area contributed by atoms with Gasteiger partial charge in [0.1, 0.15) is 5.69 Å². The van der Waals surface area contributed by atoms with Crippen LogP contribution in [0.4, 0.5) is 0 Å². The molecule has 0 bridgehead atoms. The second-order valence-corrected chi connectivity index (χ2v) is 4.79. The summed E-state index contributed by atoms with van der Waals surface area (Å²) in [6.07, 6.45) is 3.37. The van der Waals surface area contributed by atoms with Crippen LogP contribution < -0.4 is 5.43 Å². The molecule has 1 aromatic carbocycles. The van der Waals surface area contributed by atoms with Crippen molar-refractivity contribution in [3.63, 3.8) is 0 Å². The van der Waals surface area contributed by atoms with Gasteiger partial charge in [-0.1, -0.05) is 37.6 Å². The summed E-state index contributed by atoms with van der Waals surface area (Å²) in [4.78, 5) is 29.1. The van der Waals surface area contributed by atoms with Crippen molar-refractivity contribution >= 4 is 11.8 Å². The minimum atomic E-state index is -0.453. The number of unbranched alkanes of at least 4 members (excludes halogenated alkanes) is 1. The van der Waals surface area contributed by atoms with Crippen molar-refractivity contribution in [2.75, 3.05) is 6.54 Å². The van der Waals surface area contributed by atoms with Crippen LogP contribution in [0.2, 0.25) is 0 Å². The summed E-state index contributed by atoms with van der Waals surface area (Å²) in [6, 6.07) is 13.8. The van der Waals surface area contributed by atoms with Crippen molar-refractivity contribution in [2.45, 2.75) is 19.8 Å². The number of hydrogen-bond donors (Lipinski definition) is 1. The van der Waals surface area contributed by atoms with Crippen molar-refractivity contribution in [3.05, 3.63) is 66.0 Å². The molecule has 0 saturated heterocycles. The number of aromatic nitrogens is 1. The lowest BCUT2D eigenvalue weighted by Crippen LogP contribution is -2.47. The summed E-state index contributed by atoms with van der Waals surface area (Å²) in [5.41, 5.74) is 3.60. The highest BCUT2D eigenvalue weighted by atomic mass is 16.2. The molecule has 2 amide bonds. The number of hydrazine groups is 1. The normalized spacial score (nSPS) is 10.2. The number of imide groups is 1. The standard InChI is InChI=1S/C17H19N3O2/c1-2-3-13-19-20(16(21)14-9-5-4-6-10-14)17(22)15-11-7-8-12-18-15/h4-12,19H,2-3,13H2,1H3. The van der Waals surface area contributed by atoms with Crippen LogP contribution >= 0.6 is 0 Å². The number of amides is 2. The van der Waals surface area contributed by atoms with Gasteiger partial charge in [-0.25, -0.2) is 10.4 Å². The predicted molar refractivity (Wildman–Crippen MR) is 84.1 cm³/mol. The fourth-order valence-electron chi connectivity index (χ4n) is 1.92. The van der Waals surface area contributed by atoms with Crippen LogP contribution in [0, 0.1) is 0 Å². The van der Waals surface area contributed by atoms with Crippen molar-refractivity contribution in [1.29, 1.82) is 0 Å². The molecule has 5 heteroatoms. The van der Waals surface area contributed by atoms with Gasteiger partial charge in [0.15, 0.2) is 0 Å². The maximum absolute atomic E-state index is 12.6. The van der Waals surface area contributed by atoms with E-state index in [0.29, 0.717) is 12.1 Å². The molecule has 2 rings (SSSR count). The van der Waals surface area contributed by atoms with E-state index in [9.17, 15) is 9.59 Å². The molecule has 1 N–H and O–H groups in total. The number of carbonyl (C=O) groups is 2. The molecule has 0 aliphatic carbocycles. The van der Waals surface area contributed by atoms with E-state index in [0.717, 1.165) is 17.9 Å². The summed E-state index contributed by atoms with van der Waals surface area (Å²) >= 11 is 0. The van der Waals surface area contributed by atoms with Gasteiger partial charge in [-0.05, 0) is 30.7 Å². The van der Waals surface area contributed by atoms with Crippen LogP contribution in [0.1, 0.15) is 40.6 Å². The zero-order valence-corrected chi connectivity index (χ0v) is 12.5. The van der Waals surface area contributed by atoms with Crippen molar-refractivity contribution in [3.8, 4) is 0 Å². The van der Waals surface area contributed by atoms with Crippen molar-refractivity contribution < 1.29 is 9.59 Å². The Kier molecular flexibility index (Phi) is 5.80. The van der Waals surface area contributed by atoms with Gasteiger partial charge in [0, 0.05) is 18.3 Å². The molecule has 0 spiro atoms. The van der Waals surface area contributed by atoms with E-state index in [1.54, 1.807) is 42.5 Å². The Balaban J connectivity index is 2.22. The summed E-state index contributed by atoms with van der Waals surface area (Å²) in [7, 11) is 0. The molecule has 1 heterocycles. The van der Waals surface area contributed by atoms with E-state index in [1.165, 1.54) is 6.20 Å². The lowest BCUT2D eigenvalue weighted by Gasteiger charge is -2.21. The van der Waals surface area contributed by atoms with Gasteiger partial charge in [0.25, 0.3) is 11.8 Å². The van der Waals surface area contributed by atoms with E-state index in [2.05, 4.69) is 10.4 Å². The summed E-state index contributed by atoms with van der Waals surface area (Å²) in [6.45, 7) is 2.60. The number of pyridine rings is 1. The van der Waals surface area contributed by atoms with Gasteiger partial charge in [-0.3, -0.25) is 14.6 Å². The van der Waals surface area contributed by atoms with Crippen LogP contribution in [0.3, 0.4) is 0 Å². The SMILES string of the molecule is CCCCNN(C(=O)c1ccccc1)C(=O)c1ccccn1.